The summed E-state index contributed by atoms with van der Waals surface area (Å²) in [6.45, 7) is 3.84. The molecule has 1 aromatic carbocycles. The van der Waals surface area contributed by atoms with Crippen LogP contribution in [-0.2, 0) is 11.2 Å². The van der Waals surface area contributed by atoms with E-state index in [1.807, 2.05) is 6.07 Å². The van der Waals surface area contributed by atoms with Crippen LogP contribution in [0, 0.1) is 5.92 Å². The molecule has 1 atom stereocenters. The molecule has 1 aliphatic heterocycles. The third-order valence-electron chi connectivity index (χ3n) is 4.34. The van der Waals surface area contributed by atoms with Crippen molar-refractivity contribution in [2.24, 2.45) is 10.9 Å². The molecular formula is C18H27BrIN5O2. The molecule has 1 aromatic rings. The van der Waals surface area contributed by atoms with Crippen molar-refractivity contribution in [3.63, 3.8) is 0 Å². The van der Waals surface area contributed by atoms with Gasteiger partial charge in [0.15, 0.2) is 5.96 Å². The van der Waals surface area contributed by atoms with E-state index in [0.717, 1.165) is 23.9 Å². The Kier molecular flexibility index (Phi) is 10.7. The van der Waals surface area contributed by atoms with Gasteiger partial charge in [-0.15, -0.1) is 24.0 Å². The van der Waals surface area contributed by atoms with Gasteiger partial charge in [0.25, 0.3) is 0 Å². The number of hydrogen-bond acceptors (Lipinski definition) is 3. The summed E-state index contributed by atoms with van der Waals surface area (Å²) in [5.41, 5.74) is 1.30. The van der Waals surface area contributed by atoms with Crippen molar-refractivity contribution in [1.82, 2.24) is 20.9 Å². The summed E-state index contributed by atoms with van der Waals surface area (Å²) in [5, 5.41) is 8.98. The van der Waals surface area contributed by atoms with Crippen LogP contribution in [0.4, 0.5) is 4.79 Å². The standard InChI is InChI=1S/C18H26BrN5O2.HI/c1-3-13(9-14-5-4-6-15(19)10-14)11-22-17(20-2)21-7-8-24-16(25)12-23-18(24)26;/h4-6,10,13H,3,7-9,11-12H2,1-2H3,(H,23,26)(H2,20,21,22);1H. The molecule has 0 saturated carbocycles. The highest BCUT2D eigenvalue weighted by molar-refractivity contribution is 14.0. The molecule has 1 aliphatic rings. The average molecular weight is 552 g/mol. The van der Waals surface area contributed by atoms with Crippen LogP contribution in [0.25, 0.3) is 0 Å². The number of aliphatic imine (C=N–C) groups is 1. The Hall–Kier alpha value is -1.36. The summed E-state index contributed by atoms with van der Waals surface area (Å²) in [7, 11) is 1.71. The van der Waals surface area contributed by atoms with E-state index in [2.05, 4.69) is 62.0 Å². The van der Waals surface area contributed by atoms with Crippen LogP contribution in [0.15, 0.2) is 33.7 Å². The highest BCUT2D eigenvalue weighted by Crippen LogP contribution is 2.16. The Morgan fingerprint density at radius 2 is 2.15 bits per heavy atom. The van der Waals surface area contributed by atoms with E-state index >= 15 is 0 Å². The second-order valence-electron chi connectivity index (χ2n) is 6.19. The van der Waals surface area contributed by atoms with Gasteiger partial charge in [0.05, 0.1) is 6.54 Å². The SMILES string of the molecule is CCC(CNC(=NC)NCCN1C(=O)CNC1=O)Cc1cccc(Br)c1.I. The van der Waals surface area contributed by atoms with E-state index in [9.17, 15) is 9.59 Å². The van der Waals surface area contributed by atoms with Crippen molar-refractivity contribution in [2.45, 2.75) is 19.8 Å². The van der Waals surface area contributed by atoms with Gasteiger partial charge in [-0.2, -0.15) is 0 Å². The number of guanidine groups is 1. The number of urea groups is 1. The van der Waals surface area contributed by atoms with Gasteiger partial charge in [0, 0.05) is 31.2 Å². The quantitative estimate of drug-likeness (QED) is 0.200. The first-order valence-electron chi connectivity index (χ1n) is 8.80. The van der Waals surface area contributed by atoms with E-state index in [1.165, 1.54) is 10.5 Å². The smallest absolute Gasteiger partial charge is 0.324 e. The van der Waals surface area contributed by atoms with Crippen LogP contribution in [0.2, 0.25) is 0 Å². The zero-order valence-electron chi connectivity index (χ0n) is 15.6. The lowest BCUT2D eigenvalue weighted by atomic mass is 9.97. The minimum atomic E-state index is -0.334. The number of imide groups is 1. The number of hydrogen-bond donors (Lipinski definition) is 3. The predicted molar refractivity (Wildman–Crippen MR) is 122 cm³/mol. The van der Waals surface area contributed by atoms with Gasteiger partial charge in [-0.3, -0.25) is 14.7 Å². The highest BCUT2D eigenvalue weighted by Gasteiger charge is 2.27. The second kappa shape index (κ2) is 12.2. The molecule has 1 unspecified atom stereocenters. The van der Waals surface area contributed by atoms with Crippen LogP contribution < -0.4 is 16.0 Å². The minimum Gasteiger partial charge on any atom is -0.356 e. The molecule has 7 nitrogen and oxygen atoms in total. The van der Waals surface area contributed by atoms with Gasteiger partial charge in [-0.05, 0) is 30.0 Å². The van der Waals surface area contributed by atoms with Crippen molar-refractivity contribution < 1.29 is 9.59 Å². The van der Waals surface area contributed by atoms with E-state index in [0.29, 0.717) is 25.0 Å². The topological polar surface area (TPSA) is 85.8 Å². The van der Waals surface area contributed by atoms with E-state index < -0.39 is 0 Å². The number of amides is 3. The van der Waals surface area contributed by atoms with E-state index in [-0.39, 0.29) is 42.5 Å². The lowest BCUT2D eigenvalue weighted by Gasteiger charge is -2.19. The predicted octanol–water partition coefficient (Wildman–Crippen LogP) is 2.35. The molecule has 2 rings (SSSR count). The van der Waals surface area contributed by atoms with Crippen molar-refractivity contribution in [3.8, 4) is 0 Å². The Bertz CT molecular complexity index is 655. The number of nitrogens with zero attached hydrogens (tertiary/aromatic N) is 2. The molecule has 0 aliphatic carbocycles. The molecule has 1 saturated heterocycles. The highest BCUT2D eigenvalue weighted by atomic mass is 127. The van der Waals surface area contributed by atoms with E-state index in [1.54, 1.807) is 7.05 Å². The van der Waals surface area contributed by atoms with Gasteiger partial charge in [-0.1, -0.05) is 41.4 Å². The van der Waals surface area contributed by atoms with Crippen LogP contribution in [0.5, 0.6) is 0 Å². The third-order valence-corrected chi connectivity index (χ3v) is 4.83. The first-order chi connectivity index (χ1) is 12.5. The Labute approximate surface area is 185 Å². The van der Waals surface area contributed by atoms with Crippen LogP contribution in [0.3, 0.4) is 0 Å². The van der Waals surface area contributed by atoms with Crippen LogP contribution >= 0.6 is 39.9 Å². The average Bonchev–Trinajstić information content (AvgIpc) is 2.95. The molecule has 1 fully saturated rings. The molecular weight excluding hydrogens is 525 g/mol. The maximum atomic E-state index is 11.5. The lowest BCUT2D eigenvalue weighted by molar-refractivity contribution is -0.124. The summed E-state index contributed by atoms with van der Waals surface area (Å²) >= 11 is 3.51. The zero-order valence-corrected chi connectivity index (χ0v) is 19.5. The Morgan fingerprint density at radius 3 is 2.74 bits per heavy atom. The van der Waals surface area contributed by atoms with Gasteiger partial charge < -0.3 is 16.0 Å². The Balaban J connectivity index is 0.00000364. The monoisotopic (exact) mass is 551 g/mol. The van der Waals surface area contributed by atoms with Gasteiger partial charge in [0.1, 0.15) is 0 Å². The molecule has 150 valence electrons. The maximum Gasteiger partial charge on any atom is 0.324 e. The van der Waals surface area contributed by atoms with Crippen molar-refractivity contribution in [3.05, 3.63) is 34.3 Å². The molecule has 3 N–H and O–H groups in total. The summed E-state index contributed by atoms with van der Waals surface area (Å²) in [4.78, 5) is 28.5. The number of nitrogens with one attached hydrogen (secondary N) is 3. The number of carbonyl (C=O) groups excluding carboxylic acids is 2. The lowest BCUT2D eigenvalue weighted by Crippen LogP contribution is -2.44. The van der Waals surface area contributed by atoms with Gasteiger partial charge >= 0.3 is 6.03 Å². The van der Waals surface area contributed by atoms with Crippen molar-refractivity contribution in [1.29, 1.82) is 0 Å². The number of rotatable bonds is 8. The molecule has 0 bridgehead atoms. The molecule has 27 heavy (non-hydrogen) atoms. The van der Waals surface area contributed by atoms with Gasteiger partial charge in [-0.25, -0.2) is 4.79 Å². The molecule has 3 amide bonds. The van der Waals surface area contributed by atoms with Gasteiger partial charge in [0.2, 0.25) is 5.91 Å². The fourth-order valence-corrected chi connectivity index (χ4v) is 3.23. The summed E-state index contributed by atoms with van der Waals surface area (Å²) in [5.74, 6) is 0.957. The fourth-order valence-electron chi connectivity index (χ4n) is 2.79. The van der Waals surface area contributed by atoms with Crippen LogP contribution in [-0.4, -0.2) is 56.0 Å². The fraction of sp³-hybridized carbons (Fsp3) is 0.500. The minimum absolute atomic E-state index is 0. The molecule has 0 aromatic heterocycles. The molecule has 0 radical (unpaired) electrons. The molecule has 0 spiro atoms. The summed E-state index contributed by atoms with van der Waals surface area (Å²) in [6.07, 6.45) is 2.04. The normalized spacial score (nSPS) is 15.2. The largest absolute Gasteiger partial charge is 0.356 e. The number of halogens is 2. The third kappa shape index (κ3) is 7.65. The molecule has 9 heteroatoms. The molecule has 1 heterocycles. The number of benzene rings is 1. The van der Waals surface area contributed by atoms with Crippen molar-refractivity contribution in [2.75, 3.05) is 33.2 Å². The Morgan fingerprint density at radius 1 is 1.37 bits per heavy atom. The van der Waals surface area contributed by atoms with E-state index in [4.69, 9.17) is 0 Å². The summed E-state index contributed by atoms with van der Waals surface area (Å²) < 4.78 is 1.09. The number of carbonyl (C=O) groups is 2. The first kappa shape index (κ1) is 23.7. The first-order valence-corrected chi connectivity index (χ1v) is 9.60. The zero-order chi connectivity index (χ0) is 18.9. The van der Waals surface area contributed by atoms with Crippen molar-refractivity contribution >= 4 is 57.8 Å². The maximum absolute atomic E-state index is 11.5. The van der Waals surface area contributed by atoms with Crippen LogP contribution in [0.1, 0.15) is 18.9 Å². The second-order valence-corrected chi connectivity index (χ2v) is 7.11. The summed E-state index contributed by atoms with van der Waals surface area (Å²) in [6, 6.07) is 8.03.